The number of thiophene rings is 1. The number of aliphatic hydroxyl groups is 1. The maximum Gasteiger partial charge on any atom is 0.417 e. The predicted octanol–water partition coefficient (Wildman–Crippen LogP) is 3.41. The zero-order chi connectivity index (χ0) is 22.1. The molecule has 0 aliphatic carbocycles. The first-order valence-corrected chi connectivity index (χ1v) is 10.9. The molecule has 0 aromatic carbocycles. The molecule has 30 heavy (non-hydrogen) atoms. The van der Waals surface area contributed by atoms with E-state index in [9.17, 15) is 23.1 Å². The number of anilines is 1. The number of hydrogen-bond acceptors (Lipinski definition) is 6. The number of halogens is 3. The Balaban J connectivity index is 1.83. The summed E-state index contributed by atoms with van der Waals surface area (Å²) in [6, 6.07) is 1.16. The number of amides is 1. The molecule has 1 atom stereocenters. The molecule has 2 aromatic heterocycles. The molecule has 0 saturated carbocycles. The van der Waals surface area contributed by atoms with E-state index in [1.807, 2.05) is 23.6 Å². The summed E-state index contributed by atoms with van der Waals surface area (Å²) in [7, 11) is 0. The molecule has 1 fully saturated rings. The molecule has 1 amide bonds. The van der Waals surface area contributed by atoms with Crippen LogP contribution < -0.4 is 10.2 Å². The lowest BCUT2D eigenvalue weighted by atomic mass is 10.1. The van der Waals surface area contributed by atoms with Gasteiger partial charge in [-0.2, -0.15) is 13.2 Å². The Morgan fingerprint density at radius 2 is 1.97 bits per heavy atom. The predicted molar refractivity (Wildman–Crippen MR) is 112 cm³/mol. The fourth-order valence-corrected chi connectivity index (χ4v) is 4.64. The van der Waals surface area contributed by atoms with Crippen LogP contribution in [0.5, 0.6) is 0 Å². The largest absolute Gasteiger partial charge is 0.417 e. The van der Waals surface area contributed by atoms with Crippen LogP contribution in [-0.2, 0) is 11.0 Å². The lowest BCUT2D eigenvalue weighted by Gasteiger charge is -2.35. The maximum absolute atomic E-state index is 13.7. The van der Waals surface area contributed by atoms with E-state index in [2.05, 4.69) is 10.3 Å². The Morgan fingerprint density at radius 3 is 2.53 bits per heavy atom. The third-order valence-corrected chi connectivity index (χ3v) is 6.12. The quantitative estimate of drug-likeness (QED) is 0.715. The van der Waals surface area contributed by atoms with Crippen molar-refractivity contribution in [2.45, 2.75) is 45.5 Å². The lowest BCUT2D eigenvalue weighted by Crippen LogP contribution is -2.50. The first kappa shape index (κ1) is 22.8. The van der Waals surface area contributed by atoms with Crippen molar-refractivity contribution in [1.82, 2.24) is 15.2 Å². The van der Waals surface area contributed by atoms with Crippen LogP contribution in [-0.4, -0.2) is 59.7 Å². The van der Waals surface area contributed by atoms with Gasteiger partial charge in [-0.15, -0.1) is 11.3 Å². The van der Waals surface area contributed by atoms with Gasteiger partial charge in [-0.1, -0.05) is 6.92 Å². The lowest BCUT2D eigenvalue weighted by molar-refractivity contribution is -0.136. The number of hydrogen-bond donors (Lipinski definition) is 2. The molecule has 0 radical (unpaired) electrons. The molecule has 1 saturated heterocycles. The molecule has 1 aliphatic rings. The first-order valence-electron chi connectivity index (χ1n) is 10.0. The molecule has 0 spiro atoms. The van der Waals surface area contributed by atoms with Crippen LogP contribution in [0.15, 0.2) is 11.4 Å². The third kappa shape index (κ3) is 5.04. The zero-order valence-electron chi connectivity index (χ0n) is 17.3. The number of nitrogens with zero attached hydrogens (tertiary/aromatic N) is 3. The van der Waals surface area contributed by atoms with Crippen molar-refractivity contribution in [3.63, 3.8) is 0 Å². The minimum Gasteiger partial charge on any atom is -0.388 e. The van der Waals surface area contributed by atoms with Crippen LogP contribution in [0, 0.1) is 0 Å². The average molecular weight is 445 g/mol. The topological polar surface area (TPSA) is 68.7 Å². The minimum absolute atomic E-state index is 0.0535. The summed E-state index contributed by atoms with van der Waals surface area (Å²) in [5.41, 5.74) is -0.0625. The van der Waals surface area contributed by atoms with Gasteiger partial charge in [0.15, 0.2) is 0 Å². The molecule has 3 heterocycles. The Labute approximate surface area is 177 Å². The van der Waals surface area contributed by atoms with Crippen LogP contribution in [0.2, 0.25) is 0 Å². The van der Waals surface area contributed by atoms with Gasteiger partial charge in [0.2, 0.25) is 5.91 Å². The average Bonchev–Trinajstić information content (AvgIpc) is 3.09. The number of alkyl halides is 3. The van der Waals surface area contributed by atoms with E-state index < -0.39 is 17.8 Å². The summed E-state index contributed by atoms with van der Waals surface area (Å²) in [5.74, 6) is 0.192. The molecule has 0 bridgehead atoms. The van der Waals surface area contributed by atoms with Gasteiger partial charge in [0.1, 0.15) is 5.82 Å². The standard InChI is InChI=1S/C20H27F3N4O2S/c1-4-15(28)13-11-30-19-14(20(21,22)23)9-16(25-18(13)19)27-7-5-26(6-8-27)10-17(29)24-12(2)3/h9,11-12,15,28H,4-8,10H2,1-3H3,(H,24,29). The Hall–Kier alpha value is -1.91. The summed E-state index contributed by atoms with van der Waals surface area (Å²) in [4.78, 5) is 20.2. The zero-order valence-corrected chi connectivity index (χ0v) is 18.1. The second-order valence-corrected chi connectivity index (χ2v) is 8.68. The number of aromatic nitrogens is 1. The Bertz CT molecular complexity index is 892. The Kier molecular flexibility index (Phi) is 6.88. The van der Waals surface area contributed by atoms with Crippen LogP contribution in [0.3, 0.4) is 0 Å². The summed E-state index contributed by atoms with van der Waals surface area (Å²) in [6.45, 7) is 7.89. The second-order valence-electron chi connectivity index (χ2n) is 7.80. The number of pyridine rings is 1. The van der Waals surface area contributed by atoms with Crippen LogP contribution in [0.4, 0.5) is 19.0 Å². The first-order chi connectivity index (χ1) is 14.1. The van der Waals surface area contributed by atoms with Gasteiger partial charge < -0.3 is 15.3 Å². The fourth-order valence-electron chi connectivity index (χ4n) is 3.55. The summed E-state index contributed by atoms with van der Waals surface area (Å²) >= 11 is 0.965. The Morgan fingerprint density at radius 1 is 1.30 bits per heavy atom. The highest BCUT2D eigenvalue weighted by atomic mass is 32.1. The van der Waals surface area contributed by atoms with Gasteiger partial charge in [0, 0.05) is 37.8 Å². The molecule has 1 aliphatic heterocycles. The monoisotopic (exact) mass is 444 g/mol. The second kappa shape index (κ2) is 9.07. The van der Waals surface area contributed by atoms with E-state index in [0.29, 0.717) is 38.2 Å². The fraction of sp³-hybridized carbons (Fsp3) is 0.600. The molecule has 3 rings (SSSR count). The van der Waals surface area contributed by atoms with Crippen molar-refractivity contribution in [3.05, 3.63) is 22.6 Å². The molecular formula is C20H27F3N4O2S. The molecule has 2 N–H and O–H groups in total. The summed E-state index contributed by atoms with van der Waals surface area (Å²) in [5, 5.41) is 14.6. The normalized spacial score (nSPS) is 17.0. The van der Waals surface area contributed by atoms with Crippen molar-refractivity contribution >= 4 is 33.3 Å². The van der Waals surface area contributed by atoms with Gasteiger partial charge >= 0.3 is 6.18 Å². The number of piperazine rings is 1. The number of aliphatic hydroxyl groups excluding tert-OH is 1. The van der Waals surface area contributed by atoms with Crippen LogP contribution in [0.1, 0.15) is 44.4 Å². The molecule has 1 unspecified atom stereocenters. The molecule has 10 heteroatoms. The van der Waals surface area contributed by atoms with E-state index in [4.69, 9.17) is 0 Å². The number of nitrogens with one attached hydrogen (secondary N) is 1. The van der Waals surface area contributed by atoms with Crippen molar-refractivity contribution in [1.29, 1.82) is 0 Å². The summed E-state index contributed by atoms with van der Waals surface area (Å²) in [6.07, 6.45) is -4.96. The van der Waals surface area contributed by atoms with E-state index >= 15 is 0 Å². The van der Waals surface area contributed by atoms with E-state index in [1.54, 1.807) is 12.3 Å². The highest BCUT2D eigenvalue weighted by Crippen LogP contribution is 2.41. The van der Waals surface area contributed by atoms with Crippen LogP contribution >= 0.6 is 11.3 Å². The van der Waals surface area contributed by atoms with Crippen molar-refractivity contribution in [3.8, 4) is 0 Å². The van der Waals surface area contributed by atoms with Gasteiger partial charge in [-0.05, 0) is 31.7 Å². The molecule has 6 nitrogen and oxygen atoms in total. The highest BCUT2D eigenvalue weighted by Gasteiger charge is 2.36. The van der Waals surface area contributed by atoms with Gasteiger partial charge in [0.25, 0.3) is 0 Å². The number of carbonyl (C=O) groups excluding carboxylic acids is 1. The SMILES string of the molecule is CCC(O)c1csc2c(C(F)(F)F)cc(N3CCN(CC(=O)NC(C)C)CC3)nc12. The number of fused-ring (bicyclic) bond motifs is 1. The molecule has 166 valence electrons. The van der Waals surface area contributed by atoms with E-state index in [0.717, 1.165) is 17.4 Å². The third-order valence-electron chi connectivity index (χ3n) is 5.10. The summed E-state index contributed by atoms with van der Waals surface area (Å²) < 4.78 is 41.2. The van der Waals surface area contributed by atoms with Crippen molar-refractivity contribution < 1.29 is 23.1 Å². The van der Waals surface area contributed by atoms with Crippen molar-refractivity contribution in [2.75, 3.05) is 37.6 Å². The molecule has 2 aromatic rings. The van der Waals surface area contributed by atoms with Crippen molar-refractivity contribution in [2.24, 2.45) is 0 Å². The maximum atomic E-state index is 13.7. The number of rotatable bonds is 6. The van der Waals surface area contributed by atoms with Gasteiger partial charge in [0.05, 0.1) is 28.4 Å². The van der Waals surface area contributed by atoms with Crippen LogP contribution in [0.25, 0.3) is 10.2 Å². The van der Waals surface area contributed by atoms with Gasteiger partial charge in [-0.3, -0.25) is 9.69 Å². The highest BCUT2D eigenvalue weighted by molar-refractivity contribution is 7.17. The van der Waals surface area contributed by atoms with E-state index in [-0.39, 0.29) is 34.5 Å². The smallest absolute Gasteiger partial charge is 0.388 e. The minimum atomic E-state index is -4.51. The molecular weight excluding hydrogens is 417 g/mol. The number of carbonyl (C=O) groups is 1. The van der Waals surface area contributed by atoms with E-state index in [1.165, 1.54) is 0 Å². The van der Waals surface area contributed by atoms with Gasteiger partial charge in [-0.25, -0.2) is 4.98 Å².